The highest BCUT2D eigenvalue weighted by Gasteiger charge is 2.32. The van der Waals surface area contributed by atoms with Gasteiger partial charge in [-0.3, -0.25) is 0 Å². The van der Waals surface area contributed by atoms with Gasteiger partial charge in [0.15, 0.2) is 0 Å². The molecule has 2 N–H and O–H groups in total. The first kappa shape index (κ1) is 23.1. The molecule has 0 aliphatic carbocycles. The first-order valence-corrected chi connectivity index (χ1v) is 10.6. The second-order valence-electron chi connectivity index (χ2n) is 8.05. The molecule has 4 heteroatoms. The lowest BCUT2D eigenvalue weighted by Crippen LogP contribution is -2.36. The van der Waals surface area contributed by atoms with E-state index in [9.17, 15) is 15.0 Å². The predicted octanol–water partition coefficient (Wildman–Crippen LogP) is 4.54. The summed E-state index contributed by atoms with van der Waals surface area (Å²) >= 11 is 0. The number of hydrogen-bond acceptors (Lipinski definition) is 4. The number of carbonyl (C=O) groups excluding carboxylic acids is 1. The zero-order valence-corrected chi connectivity index (χ0v) is 17.6. The number of carbonyl (C=O) groups is 1. The minimum Gasteiger partial charge on any atom is -0.458 e. The molecular formula is C25H34O4. The monoisotopic (exact) mass is 398 g/mol. The minimum atomic E-state index is -0.706. The summed E-state index contributed by atoms with van der Waals surface area (Å²) in [5.41, 5.74) is 1.10. The Morgan fingerprint density at radius 1 is 1.10 bits per heavy atom. The van der Waals surface area contributed by atoms with Crippen molar-refractivity contribution < 1.29 is 19.7 Å². The summed E-state index contributed by atoms with van der Waals surface area (Å²) in [6.07, 6.45) is 11.2. The first-order valence-electron chi connectivity index (χ1n) is 10.6. The van der Waals surface area contributed by atoms with Gasteiger partial charge in [0.1, 0.15) is 6.10 Å². The SMILES string of the molecule is CCC1C=CC(=O)OC1C(C)CC(C)C(O)CC(O)C=CC=Cc1ccccc1. The topological polar surface area (TPSA) is 66.8 Å². The van der Waals surface area contributed by atoms with Crippen molar-refractivity contribution >= 4 is 12.0 Å². The zero-order chi connectivity index (χ0) is 21.2. The van der Waals surface area contributed by atoms with E-state index >= 15 is 0 Å². The molecular weight excluding hydrogens is 364 g/mol. The molecule has 0 aromatic heterocycles. The van der Waals surface area contributed by atoms with E-state index in [4.69, 9.17) is 4.74 Å². The van der Waals surface area contributed by atoms with Crippen LogP contribution in [-0.4, -0.2) is 34.5 Å². The van der Waals surface area contributed by atoms with Gasteiger partial charge in [0.2, 0.25) is 0 Å². The van der Waals surface area contributed by atoms with Crippen molar-refractivity contribution in [2.24, 2.45) is 17.8 Å². The fourth-order valence-corrected chi connectivity index (χ4v) is 3.84. The summed E-state index contributed by atoms with van der Waals surface area (Å²) in [6.45, 7) is 6.13. The quantitative estimate of drug-likeness (QED) is 0.449. The van der Waals surface area contributed by atoms with Crippen LogP contribution >= 0.6 is 0 Å². The van der Waals surface area contributed by atoms with Crippen LogP contribution < -0.4 is 0 Å². The number of esters is 1. The third kappa shape index (κ3) is 7.64. The van der Waals surface area contributed by atoms with E-state index < -0.39 is 12.2 Å². The number of benzene rings is 1. The average molecular weight is 399 g/mol. The van der Waals surface area contributed by atoms with Gasteiger partial charge in [-0.15, -0.1) is 0 Å². The van der Waals surface area contributed by atoms with Crippen LogP contribution in [0.2, 0.25) is 0 Å². The Morgan fingerprint density at radius 2 is 1.83 bits per heavy atom. The van der Waals surface area contributed by atoms with Crippen LogP contribution in [0.15, 0.2) is 60.7 Å². The van der Waals surface area contributed by atoms with Gasteiger partial charge in [0.25, 0.3) is 0 Å². The van der Waals surface area contributed by atoms with Crippen molar-refractivity contribution in [3.63, 3.8) is 0 Å². The average Bonchev–Trinajstić information content (AvgIpc) is 2.71. The minimum absolute atomic E-state index is 0.00461. The number of aliphatic hydroxyl groups is 2. The summed E-state index contributed by atoms with van der Waals surface area (Å²) in [5, 5.41) is 20.7. The largest absolute Gasteiger partial charge is 0.458 e. The summed E-state index contributed by atoms with van der Waals surface area (Å²) in [6, 6.07) is 9.94. The number of rotatable bonds is 10. The maximum Gasteiger partial charge on any atom is 0.330 e. The molecule has 158 valence electrons. The van der Waals surface area contributed by atoms with Crippen molar-refractivity contribution in [3.8, 4) is 0 Å². The molecule has 1 heterocycles. The predicted molar refractivity (Wildman–Crippen MR) is 117 cm³/mol. The summed E-state index contributed by atoms with van der Waals surface area (Å²) in [7, 11) is 0. The fraction of sp³-hybridized carbons (Fsp3) is 0.480. The number of aliphatic hydroxyl groups excluding tert-OH is 2. The second kappa shape index (κ2) is 11.7. The van der Waals surface area contributed by atoms with Crippen LogP contribution in [0.5, 0.6) is 0 Å². The van der Waals surface area contributed by atoms with E-state index in [1.54, 1.807) is 12.2 Å². The molecule has 0 spiro atoms. The lowest BCUT2D eigenvalue weighted by Gasteiger charge is -2.33. The molecule has 1 aliphatic heterocycles. The number of allylic oxidation sites excluding steroid dienone is 2. The van der Waals surface area contributed by atoms with Gasteiger partial charge >= 0.3 is 5.97 Å². The maximum atomic E-state index is 11.6. The number of ether oxygens (including phenoxy) is 1. The third-order valence-electron chi connectivity index (χ3n) is 5.60. The highest BCUT2D eigenvalue weighted by molar-refractivity contribution is 5.83. The molecule has 1 aromatic rings. The molecule has 0 saturated carbocycles. The molecule has 4 nitrogen and oxygen atoms in total. The van der Waals surface area contributed by atoms with Gasteiger partial charge in [-0.25, -0.2) is 4.79 Å². The summed E-state index contributed by atoms with van der Waals surface area (Å²) in [5.74, 6) is 0.0656. The molecule has 0 fully saturated rings. The van der Waals surface area contributed by atoms with Gasteiger partial charge in [-0.05, 0) is 30.2 Å². The lowest BCUT2D eigenvalue weighted by molar-refractivity contribution is -0.150. The van der Waals surface area contributed by atoms with Crippen LogP contribution in [-0.2, 0) is 9.53 Å². The normalized spacial score (nSPS) is 23.8. The van der Waals surface area contributed by atoms with Crippen molar-refractivity contribution in [2.75, 3.05) is 0 Å². The van der Waals surface area contributed by atoms with Gasteiger partial charge in [0.05, 0.1) is 12.2 Å². The molecule has 0 radical (unpaired) electrons. The summed E-state index contributed by atoms with van der Waals surface area (Å²) < 4.78 is 5.54. The molecule has 2 rings (SSSR count). The molecule has 29 heavy (non-hydrogen) atoms. The van der Waals surface area contributed by atoms with E-state index in [1.807, 2.05) is 55.5 Å². The van der Waals surface area contributed by atoms with Gasteiger partial charge in [0, 0.05) is 18.4 Å². The van der Waals surface area contributed by atoms with E-state index in [0.717, 1.165) is 18.4 Å². The van der Waals surface area contributed by atoms with E-state index in [2.05, 4.69) is 13.8 Å². The van der Waals surface area contributed by atoms with Crippen molar-refractivity contribution in [3.05, 3.63) is 66.3 Å². The van der Waals surface area contributed by atoms with Crippen LogP contribution in [0.1, 0.15) is 45.6 Å². The molecule has 1 aromatic carbocycles. The van der Waals surface area contributed by atoms with Crippen molar-refractivity contribution in [2.45, 2.75) is 58.3 Å². The van der Waals surface area contributed by atoms with Gasteiger partial charge in [-0.2, -0.15) is 0 Å². The standard InChI is InChI=1S/C25H34O4/c1-4-21-14-15-24(28)29-25(21)19(3)16-18(2)23(27)17-22(26)13-9-8-12-20-10-6-5-7-11-20/h5-15,18-19,21-23,25-27H,4,16-17H2,1-3H3. The molecule has 0 bridgehead atoms. The van der Waals surface area contributed by atoms with Crippen LogP contribution in [0.25, 0.3) is 6.08 Å². The fourth-order valence-electron chi connectivity index (χ4n) is 3.84. The zero-order valence-electron chi connectivity index (χ0n) is 17.6. The van der Waals surface area contributed by atoms with Crippen LogP contribution in [0.4, 0.5) is 0 Å². The Balaban J connectivity index is 1.80. The maximum absolute atomic E-state index is 11.6. The van der Waals surface area contributed by atoms with E-state index in [1.165, 1.54) is 6.08 Å². The molecule has 0 amide bonds. The Hall–Kier alpha value is -2.17. The van der Waals surface area contributed by atoms with Gasteiger partial charge in [-0.1, -0.05) is 81.5 Å². The smallest absolute Gasteiger partial charge is 0.330 e. The molecule has 6 atom stereocenters. The third-order valence-corrected chi connectivity index (χ3v) is 5.60. The first-order chi connectivity index (χ1) is 13.9. The Morgan fingerprint density at radius 3 is 2.52 bits per heavy atom. The van der Waals surface area contributed by atoms with E-state index in [-0.39, 0.29) is 36.2 Å². The highest BCUT2D eigenvalue weighted by atomic mass is 16.5. The Bertz CT molecular complexity index is 707. The van der Waals surface area contributed by atoms with Crippen molar-refractivity contribution in [1.29, 1.82) is 0 Å². The number of hydrogen-bond donors (Lipinski definition) is 2. The van der Waals surface area contributed by atoms with E-state index in [0.29, 0.717) is 0 Å². The van der Waals surface area contributed by atoms with Crippen LogP contribution in [0.3, 0.4) is 0 Å². The van der Waals surface area contributed by atoms with Crippen molar-refractivity contribution in [1.82, 2.24) is 0 Å². The molecule has 0 saturated heterocycles. The highest BCUT2D eigenvalue weighted by Crippen LogP contribution is 2.30. The van der Waals surface area contributed by atoms with Gasteiger partial charge < -0.3 is 14.9 Å². The Labute approximate surface area is 174 Å². The lowest BCUT2D eigenvalue weighted by atomic mass is 9.81. The molecule has 1 aliphatic rings. The second-order valence-corrected chi connectivity index (χ2v) is 8.05. The summed E-state index contributed by atoms with van der Waals surface area (Å²) in [4.78, 5) is 11.6. The number of cyclic esters (lactones) is 1. The van der Waals surface area contributed by atoms with Crippen LogP contribution in [0, 0.1) is 17.8 Å². The molecule has 6 unspecified atom stereocenters. The Kier molecular flexibility index (Phi) is 9.36.